The Bertz CT molecular complexity index is 563. The summed E-state index contributed by atoms with van der Waals surface area (Å²) >= 11 is 0. The molecule has 0 fully saturated rings. The van der Waals surface area contributed by atoms with Crippen LogP contribution in [0.5, 0.6) is 5.75 Å². The Balaban J connectivity index is 1.63. The van der Waals surface area contributed by atoms with Crippen molar-refractivity contribution >= 4 is 0 Å². The predicted octanol–water partition coefficient (Wildman–Crippen LogP) is 1.09. The molecule has 0 bridgehead atoms. The summed E-state index contributed by atoms with van der Waals surface area (Å²) in [5, 5.41) is 8.42. The van der Waals surface area contributed by atoms with E-state index in [9.17, 15) is 0 Å². The Morgan fingerprint density at radius 3 is 3.00 bits per heavy atom. The highest BCUT2D eigenvalue weighted by molar-refractivity contribution is 5.20. The van der Waals surface area contributed by atoms with Crippen molar-refractivity contribution in [2.45, 2.75) is 38.8 Å². The fourth-order valence-electron chi connectivity index (χ4n) is 2.42. The van der Waals surface area contributed by atoms with E-state index < -0.39 is 0 Å². The Morgan fingerprint density at radius 2 is 2.20 bits per heavy atom. The molecule has 2 aromatic heterocycles. The Kier molecular flexibility index (Phi) is 3.92. The number of fused-ring (bicyclic) bond motifs is 1. The van der Waals surface area contributed by atoms with E-state index in [1.54, 1.807) is 6.20 Å². The number of rotatable bonds is 5. The van der Waals surface area contributed by atoms with E-state index >= 15 is 0 Å². The number of ether oxygens (including phenoxy) is 1. The molecular formula is C14H19N5O. The number of nitrogens with two attached hydrogens (primary N) is 1. The second kappa shape index (κ2) is 6.00. The van der Waals surface area contributed by atoms with E-state index in [1.165, 1.54) is 12.8 Å². The number of hydrogen-bond donors (Lipinski definition) is 1. The lowest BCUT2D eigenvalue weighted by molar-refractivity contribution is 0.285. The molecule has 0 atom stereocenters. The molecule has 3 heterocycles. The Hall–Kier alpha value is -1.95. The highest BCUT2D eigenvalue weighted by atomic mass is 16.5. The molecule has 2 N–H and O–H groups in total. The van der Waals surface area contributed by atoms with Crippen LogP contribution in [0.4, 0.5) is 0 Å². The smallest absolute Gasteiger partial charge is 0.171 e. The second-order valence-electron chi connectivity index (χ2n) is 4.95. The lowest BCUT2D eigenvalue weighted by Gasteiger charge is -2.14. The number of nitrogens with zero attached hydrogens (tertiary/aromatic N) is 4. The Morgan fingerprint density at radius 1 is 1.25 bits per heavy atom. The van der Waals surface area contributed by atoms with E-state index in [4.69, 9.17) is 10.5 Å². The van der Waals surface area contributed by atoms with Crippen molar-refractivity contribution in [2.24, 2.45) is 5.73 Å². The first kappa shape index (κ1) is 13.1. The summed E-state index contributed by atoms with van der Waals surface area (Å²) in [4.78, 5) is 4.31. The second-order valence-corrected chi connectivity index (χ2v) is 4.95. The van der Waals surface area contributed by atoms with Crippen molar-refractivity contribution in [1.82, 2.24) is 19.7 Å². The standard InChI is InChI=1S/C14H19N5O/c15-7-6-11-4-5-12(9-16-11)20-10-14-18-17-13-3-1-2-8-19(13)14/h4-5,9H,1-3,6-8,10,15H2. The zero-order chi connectivity index (χ0) is 13.8. The molecule has 0 amide bonds. The number of hydrogen-bond acceptors (Lipinski definition) is 5. The summed E-state index contributed by atoms with van der Waals surface area (Å²) in [6, 6.07) is 3.87. The first-order valence-electron chi connectivity index (χ1n) is 7.05. The molecular weight excluding hydrogens is 254 g/mol. The van der Waals surface area contributed by atoms with Gasteiger partial charge < -0.3 is 15.0 Å². The van der Waals surface area contributed by atoms with Gasteiger partial charge in [0.25, 0.3) is 0 Å². The number of pyridine rings is 1. The molecule has 0 spiro atoms. The summed E-state index contributed by atoms with van der Waals surface area (Å²) in [7, 11) is 0. The first-order valence-corrected chi connectivity index (χ1v) is 7.05. The molecule has 0 radical (unpaired) electrons. The van der Waals surface area contributed by atoms with Gasteiger partial charge in [0.1, 0.15) is 18.2 Å². The fourth-order valence-corrected chi connectivity index (χ4v) is 2.42. The van der Waals surface area contributed by atoms with Gasteiger partial charge in [-0.1, -0.05) is 0 Å². The van der Waals surface area contributed by atoms with Crippen LogP contribution in [0, 0.1) is 0 Å². The molecule has 20 heavy (non-hydrogen) atoms. The van der Waals surface area contributed by atoms with Crippen LogP contribution in [0.2, 0.25) is 0 Å². The lowest BCUT2D eigenvalue weighted by atomic mass is 10.2. The third-order valence-corrected chi connectivity index (χ3v) is 3.50. The number of aromatic nitrogens is 4. The zero-order valence-electron chi connectivity index (χ0n) is 11.5. The van der Waals surface area contributed by atoms with Crippen LogP contribution in [-0.2, 0) is 26.0 Å². The Labute approximate surface area is 118 Å². The van der Waals surface area contributed by atoms with Crippen LogP contribution in [0.15, 0.2) is 18.3 Å². The normalized spacial score (nSPS) is 14.1. The largest absolute Gasteiger partial charge is 0.484 e. The molecule has 0 aliphatic carbocycles. The predicted molar refractivity (Wildman–Crippen MR) is 74.3 cm³/mol. The summed E-state index contributed by atoms with van der Waals surface area (Å²) < 4.78 is 7.90. The molecule has 0 unspecified atom stereocenters. The molecule has 1 aliphatic rings. The van der Waals surface area contributed by atoms with Crippen molar-refractivity contribution < 1.29 is 4.74 Å². The van der Waals surface area contributed by atoms with E-state index in [-0.39, 0.29) is 0 Å². The highest BCUT2D eigenvalue weighted by Gasteiger charge is 2.15. The molecule has 0 saturated heterocycles. The number of aryl methyl sites for hydroxylation is 1. The van der Waals surface area contributed by atoms with Crippen LogP contribution < -0.4 is 10.5 Å². The van der Waals surface area contributed by atoms with Crippen molar-refractivity contribution in [3.63, 3.8) is 0 Å². The minimum atomic E-state index is 0.435. The van der Waals surface area contributed by atoms with E-state index in [0.717, 1.165) is 42.5 Å². The van der Waals surface area contributed by atoms with E-state index in [2.05, 4.69) is 19.7 Å². The maximum absolute atomic E-state index is 5.73. The molecule has 6 heteroatoms. The van der Waals surface area contributed by atoms with E-state index in [0.29, 0.717) is 13.2 Å². The fraction of sp³-hybridized carbons (Fsp3) is 0.500. The molecule has 106 valence electrons. The first-order chi connectivity index (χ1) is 9.86. The monoisotopic (exact) mass is 273 g/mol. The van der Waals surface area contributed by atoms with Gasteiger partial charge in [-0.15, -0.1) is 10.2 Å². The van der Waals surface area contributed by atoms with Crippen LogP contribution >= 0.6 is 0 Å². The highest BCUT2D eigenvalue weighted by Crippen LogP contribution is 2.16. The quantitative estimate of drug-likeness (QED) is 0.882. The van der Waals surface area contributed by atoms with Crippen LogP contribution in [0.1, 0.15) is 30.2 Å². The van der Waals surface area contributed by atoms with Crippen LogP contribution in [0.3, 0.4) is 0 Å². The van der Waals surface area contributed by atoms with Gasteiger partial charge in [0.2, 0.25) is 0 Å². The molecule has 1 aliphatic heterocycles. The topological polar surface area (TPSA) is 78.9 Å². The van der Waals surface area contributed by atoms with Gasteiger partial charge in [0.15, 0.2) is 5.82 Å². The summed E-state index contributed by atoms with van der Waals surface area (Å²) in [6.45, 7) is 2.04. The van der Waals surface area contributed by atoms with Crippen molar-refractivity contribution in [1.29, 1.82) is 0 Å². The van der Waals surface area contributed by atoms with Gasteiger partial charge in [-0.3, -0.25) is 4.98 Å². The molecule has 6 nitrogen and oxygen atoms in total. The van der Waals surface area contributed by atoms with Crippen molar-refractivity contribution in [3.05, 3.63) is 35.7 Å². The molecule has 3 rings (SSSR count). The maximum Gasteiger partial charge on any atom is 0.171 e. The van der Waals surface area contributed by atoms with Crippen LogP contribution in [0.25, 0.3) is 0 Å². The van der Waals surface area contributed by atoms with Crippen molar-refractivity contribution in [2.75, 3.05) is 6.54 Å². The SMILES string of the molecule is NCCc1ccc(OCc2nnc3n2CCCC3)cn1. The average Bonchev–Trinajstić information content (AvgIpc) is 2.90. The molecule has 0 aromatic carbocycles. The summed E-state index contributed by atoms with van der Waals surface area (Å²) in [5.74, 6) is 2.72. The summed E-state index contributed by atoms with van der Waals surface area (Å²) in [6.07, 6.45) is 5.93. The molecule has 0 saturated carbocycles. The molecule has 2 aromatic rings. The van der Waals surface area contributed by atoms with Gasteiger partial charge in [0, 0.05) is 25.1 Å². The van der Waals surface area contributed by atoms with Gasteiger partial charge >= 0.3 is 0 Å². The third-order valence-electron chi connectivity index (χ3n) is 3.50. The summed E-state index contributed by atoms with van der Waals surface area (Å²) in [5.41, 5.74) is 6.48. The minimum absolute atomic E-state index is 0.435. The van der Waals surface area contributed by atoms with E-state index in [1.807, 2.05) is 12.1 Å². The zero-order valence-corrected chi connectivity index (χ0v) is 11.5. The van der Waals surface area contributed by atoms with Crippen molar-refractivity contribution in [3.8, 4) is 5.75 Å². The van der Waals surface area contributed by atoms with Gasteiger partial charge in [-0.2, -0.15) is 0 Å². The van der Waals surface area contributed by atoms with Crippen LogP contribution in [-0.4, -0.2) is 26.3 Å². The average molecular weight is 273 g/mol. The minimum Gasteiger partial charge on any atom is -0.484 e. The van der Waals surface area contributed by atoms with Gasteiger partial charge in [0.05, 0.1) is 6.20 Å². The van der Waals surface area contributed by atoms with Gasteiger partial charge in [-0.25, -0.2) is 0 Å². The third kappa shape index (κ3) is 2.80. The maximum atomic E-state index is 5.73. The van der Waals surface area contributed by atoms with Gasteiger partial charge in [-0.05, 0) is 31.5 Å². The lowest BCUT2D eigenvalue weighted by Crippen LogP contribution is -2.14.